The molecule has 6 heteroatoms. The highest BCUT2D eigenvalue weighted by molar-refractivity contribution is 5.89. The van der Waals surface area contributed by atoms with Crippen molar-refractivity contribution < 1.29 is 19.1 Å². The molecule has 1 aliphatic rings. The van der Waals surface area contributed by atoms with Crippen LogP contribution in [-0.2, 0) is 9.47 Å². The Hall–Kier alpha value is -3.02. The summed E-state index contributed by atoms with van der Waals surface area (Å²) in [5.74, 6) is 0. The van der Waals surface area contributed by atoms with Crippen molar-refractivity contribution in [3.63, 3.8) is 0 Å². The summed E-state index contributed by atoms with van der Waals surface area (Å²) in [4.78, 5) is 25.1. The Kier molecular flexibility index (Phi) is 4.42. The number of carbonyl (C=O) groups excluding carboxylic acids is 2. The molecule has 2 amide bonds. The average Bonchev–Trinajstić information content (AvgIpc) is 2.96. The second-order valence-electron chi connectivity index (χ2n) is 5.04. The number of carbonyl (C=O) groups is 2. The highest BCUT2D eigenvalue weighted by Crippen LogP contribution is 2.21. The van der Waals surface area contributed by atoms with Crippen molar-refractivity contribution in [2.75, 3.05) is 23.4 Å². The molecule has 0 saturated carbocycles. The predicted molar refractivity (Wildman–Crippen MR) is 85.5 cm³/mol. The van der Waals surface area contributed by atoms with Gasteiger partial charge in [0, 0.05) is 11.4 Å². The van der Waals surface area contributed by atoms with Crippen LogP contribution in [0, 0.1) is 0 Å². The van der Waals surface area contributed by atoms with Crippen LogP contribution in [0.4, 0.5) is 21.0 Å². The average molecular weight is 312 g/mol. The van der Waals surface area contributed by atoms with Gasteiger partial charge in [0.25, 0.3) is 0 Å². The molecule has 3 rings (SSSR count). The zero-order valence-electron chi connectivity index (χ0n) is 12.3. The first-order valence-corrected chi connectivity index (χ1v) is 7.24. The van der Waals surface area contributed by atoms with E-state index in [1.807, 2.05) is 48.5 Å². The number of amides is 2. The number of benzene rings is 2. The van der Waals surface area contributed by atoms with Crippen molar-refractivity contribution in [3.05, 3.63) is 60.7 Å². The minimum absolute atomic E-state index is 0.00768. The van der Waals surface area contributed by atoms with Crippen LogP contribution in [0.2, 0.25) is 0 Å². The number of anilines is 2. The Morgan fingerprint density at radius 2 is 1.78 bits per heavy atom. The molecule has 1 aliphatic heterocycles. The highest BCUT2D eigenvalue weighted by atomic mass is 16.6. The summed E-state index contributed by atoms with van der Waals surface area (Å²) >= 11 is 0. The van der Waals surface area contributed by atoms with Crippen LogP contribution in [0.3, 0.4) is 0 Å². The fourth-order valence-electron chi connectivity index (χ4n) is 2.27. The van der Waals surface area contributed by atoms with Gasteiger partial charge in [-0.3, -0.25) is 10.2 Å². The number of hydrogen-bond donors (Lipinski definition) is 1. The maximum absolute atomic E-state index is 11.9. The Labute approximate surface area is 133 Å². The Bertz CT molecular complexity index is 676. The van der Waals surface area contributed by atoms with Gasteiger partial charge in [-0.05, 0) is 24.3 Å². The third-order valence-corrected chi connectivity index (χ3v) is 3.36. The molecule has 1 unspecified atom stereocenters. The van der Waals surface area contributed by atoms with Gasteiger partial charge in [0.1, 0.15) is 6.61 Å². The van der Waals surface area contributed by atoms with Gasteiger partial charge >= 0.3 is 12.2 Å². The smallest absolute Gasteiger partial charge is 0.414 e. The molecule has 1 heterocycles. The monoisotopic (exact) mass is 312 g/mol. The van der Waals surface area contributed by atoms with Crippen LogP contribution in [-0.4, -0.2) is 31.4 Å². The lowest BCUT2D eigenvalue weighted by Gasteiger charge is -2.12. The molecular formula is C17H16N2O4. The van der Waals surface area contributed by atoms with Crippen LogP contribution in [0.25, 0.3) is 0 Å². The molecular weight excluding hydrogens is 296 g/mol. The SMILES string of the molecule is O=C(Nc1ccccc1)OCC1CN(c2ccccc2)C(=O)O1. The fourth-order valence-corrected chi connectivity index (χ4v) is 2.27. The summed E-state index contributed by atoms with van der Waals surface area (Å²) in [6.07, 6.45) is -1.50. The molecule has 23 heavy (non-hydrogen) atoms. The number of nitrogens with zero attached hydrogens (tertiary/aromatic N) is 1. The van der Waals surface area contributed by atoms with E-state index in [0.717, 1.165) is 5.69 Å². The summed E-state index contributed by atoms with van der Waals surface area (Å²) < 4.78 is 10.3. The van der Waals surface area contributed by atoms with E-state index in [1.54, 1.807) is 12.1 Å². The Balaban J connectivity index is 1.50. The molecule has 1 N–H and O–H groups in total. The van der Waals surface area contributed by atoms with E-state index >= 15 is 0 Å². The van der Waals surface area contributed by atoms with Crippen molar-refractivity contribution in [1.82, 2.24) is 0 Å². The minimum atomic E-state index is -0.578. The van der Waals surface area contributed by atoms with E-state index in [4.69, 9.17) is 9.47 Å². The zero-order chi connectivity index (χ0) is 16.1. The number of hydrogen-bond acceptors (Lipinski definition) is 4. The molecule has 0 aromatic heterocycles. The Morgan fingerprint density at radius 1 is 1.13 bits per heavy atom. The van der Waals surface area contributed by atoms with Crippen LogP contribution < -0.4 is 10.2 Å². The van der Waals surface area contributed by atoms with Crippen molar-refractivity contribution in [2.45, 2.75) is 6.10 Å². The first-order chi connectivity index (χ1) is 11.2. The van der Waals surface area contributed by atoms with Gasteiger partial charge in [0.2, 0.25) is 0 Å². The molecule has 1 fully saturated rings. The number of ether oxygens (including phenoxy) is 2. The molecule has 0 spiro atoms. The first kappa shape index (κ1) is 14.9. The molecule has 6 nitrogen and oxygen atoms in total. The van der Waals surface area contributed by atoms with Crippen LogP contribution in [0.5, 0.6) is 0 Å². The van der Waals surface area contributed by atoms with Gasteiger partial charge in [-0.2, -0.15) is 0 Å². The number of nitrogens with one attached hydrogen (secondary N) is 1. The van der Waals surface area contributed by atoms with Crippen molar-refractivity contribution in [2.24, 2.45) is 0 Å². The normalized spacial score (nSPS) is 16.8. The van der Waals surface area contributed by atoms with E-state index in [9.17, 15) is 9.59 Å². The van der Waals surface area contributed by atoms with Crippen molar-refractivity contribution >= 4 is 23.6 Å². The lowest BCUT2D eigenvalue weighted by Crippen LogP contribution is -2.27. The van der Waals surface area contributed by atoms with Gasteiger partial charge in [0.15, 0.2) is 6.10 Å². The maximum atomic E-state index is 11.9. The van der Waals surface area contributed by atoms with Crippen LogP contribution >= 0.6 is 0 Å². The third-order valence-electron chi connectivity index (χ3n) is 3.36. The lowest BCUT2D eigenvalue weighted by atomic mass is 10.3. The molecule has 118 valence electrons. The van der Waals surface area contributed by atoms with E-state index in [2.05, 4.69) is 5.32 Å². The summed E-state index contributed by atoms with van der Waals surface area (Å²) in [6.45, 7) is 0.356. The molecule has 0 aliphatic carbocycles. The van der Waals surface area contributed by atoms with Gasteiger partial charge in [-0.15, -0.1) is 0 Å². The zero-order valence-corrected chi connectivity index (χ0v) is 12.3. The van der Waals surface area contributed by atoms with E-state index in [0.29, 0.717) is 12.2 Å². The third kappa shape index (κ3) is 3.79. The van der Waals surface area contributed by atoms with E-state index in [-0.39, 0.29) is 6.61 Å². The van der Waals surface area contributed by atoms with Gasteiger partial charge in [-0.1, -0.05) is 36.4 Å². The molecule has 0 bridgehead atoms. The lowest BCUT2D eigenvalue weighted by molar-refractivity contribution is 0.0798. The van der Waals surface area contributed by atoms with Crippen LogP contribution in [0.15, 0.2) is 60.7 Å². The standard InChI is InChI=1S/C17H16N2O4/c20-16(18-13-7-3-1-4-8-13)22-12-15-11-19(17(21)23-15)14-9-5-2-6-10-14/h1-10,15H,11-12H2,(H,18,20). The predicted octanol–water partition coefficient (Wildman–Crippen LogP) is 3.26. The van der Waals surface area contributed by atoms with E-state index in [1.165, 1.54) is 4.90 Å². The molecule has 1 saturated heterocycles. The molecule has 0 radical (unpaired) electrons. The van der Waals surface area contributed by atoms with Crippen LogP contribution in [0.1, 0.15) is 0 Å². The van der Waals surface area contributed by atoms with Gasteiger partial charge in [0.05, 0.1) is 6.54 Å². The number of cyclic esters (lactones) is 1. The largest absolute Gasteiger partial charge is 0.445 e. The number of para-hydroxylation sites is 2. The van der Waals surface area contributed by atoms with Crippen molar-refractivity contribution in [3.8, 4) is 0 Å². The second kappa shape index (κ2) is 6.83. The highest BCUT2D eigenvalue weighted by Gasteiger charge is 2.33. The van der Waals surface area contributed by atoms with Gasteiger partial charge in [-0.25, -0.2) is 9.59 Å². The fraction of sp³-hybridized carbons (Fsp3) is 0.176. The molecule has 2 aromatic rings. The van der Waals surface area contributed by atoms with Gasteiger partial charge < -0.3 is 9.47 Å². The minimum Gasteiger partial charge on any atom is -0.445 e. The van der Waals surface area contributed by atoms with Crippen molar-refractivity contribution in [1.29, 1.82) is 0 Å². The summed E-state index contributed by atoms with van der Waals surface area (Å²) in [5.41, 5.74) is 1.40. The Morgan fingerprint density at radius 3 is 2.48 bits per heavy atom. The summed E-state index contributed by atoms with van der Waals surface area (Å²) in [6, 6.07) is 18.2. The molecule has 2 aromatic carbocycles. The summed E-state index contributed by atoms with van der Waals surface area (Å²) in [5, 5.41) is 2.60. The first-order valence-electron chi connectivity index (χ1n) is 7.24. The van der Waals surface area contributed by atoms with E-state index < -0.39 is 18.3 Å². The second-order valence-corrected chi connectivity index (χ2v) is 5.04. The summed E-state index contributed by atoms with van der Waals surface area (Å²) in [7, 11) is 0. The topological polar surface area (TPSA) is 67.9 Å². The number of rotatable bonds is 4. The quantitative estimate of drug-likeness (QED) is 0.941. The molecule has 1 atom stereocenters. The maximum Gasteiger partial charge on any atom is 0.414 e.